The van der Waals surface area contributed by atoms with Crippen LogP contribution in [0.3, 0.4) is 0 Å². The van der Waals surface area contributed by atoms with Crippen molar-refractivity contribution in [3.63, 3.8) is 0 Å². The van der Waals surface area contributed by atoms with Crippen LogP contribution >= 0.6 is 0 Å². The number of hydrogen-bond acceptors (Lipinski definition) is 5. The first kappa shape index (κ1) is 19.4. The molecule has 1 aromatic rings. The maximum absolute atomic E-state index is 11.6. The van der Waals surface area contributed by atoms with E-state index in [0.29, 0.717) is 25.0 Å². The average Bonchev–Trinajstić information content (AvgIpc) is 2.54. The van der Waals surface area contributed by atoms with Crippen LogP contribution in [0, 0.1) is 17.8 Å². The smallest absolute Gasteiger partial charge is 0.410 e. The van der Waals surface area contributed by atoms with E-state index in [4.69, 9.17) is 20.6 Å². The normalized spacial score (nSPS) is 19.1. The minimum Gasteiger partial charge on any atom is -0.490 e. The van der Waals surface area contributed by atoms with E-state index >= 15 is 0 Å². The van der Waals surface area contributed by atoms with E-state index in [9.17, 15) is 14.7 Å². The van der Waals surface area contributed by atoms with Crippen molar-refractivity contribution < 1.29 is 28.9 Å². The van der Waals surface area contributed by atoms with Gasteiger partial charge in [0.25, 0.3) is 0 Å². The number of hydrogen-bond donors (Lipinski definition) is 1. The number of likely N-dealkylation sites (tertiary alicyclic amines) is 1. The highest BCUT2D eigenvalue weighted by atomic mass is 16.6. The zero-order valence-corrected chi connectivity index (χ0v) is 15.4. The van der Waals surface area contributed by atoms with Crippen LogP contribution in [0.4, 0.5) is 4.79 Å². The molecule has 140 valence electrons. The van der Waals surface area contributed by atoms with Crippen molar-refractivity contribution in [2.75, 3.05) is 20.3 Å². The number of carbonyl (C=O) groups excluding carboxylic acids is 1. The number of carboxylic acid groups (broad SMARTS) is 1. The number of terminal acetylenes is 1. The maximum Gasteiger partial charge on any atom is 0.410 e. The summed E-state index contributed by atoms with van der Waals surface area (Å²) in [5, 5.41) is 9.53. The first-order valence-electron chi connectivity index (χ1n) is 8.14. The second kappa shape index (κ2) is 7.16. The molecule has 0 aromatic heterocycles. The molecule has 1 heterocycles. The molecule has 0 aliphatic carbocycles. The standard InChI is InChI=1S/C19H23NO6/c1-6-11-25-14-8-7-13(12-21)15(16(14)24-5)26-19(18(2,3)4)9-10-20(19)17(22)23/h1,7-8,12H,9-11H2,2-5H3,(H,22,23). The summed E-state index contributed by atoms with van der Waals surface area (Å²) in [5.41, 5.74) is -1.45. The van der Waals surface area contributed by atoms with Crippen molar-refractivity contribution in [3.05, 3.63) is 17.7 Å². The molecule has 1 saturated heterocycles. The SMILES string of the molecule is C#CCOc1ccc(C=O)c(OC2(C(C)(C)C)CCN2C(=O)O)c1OC. The Morgan fingerprint density at radius 2 is 2.12 bits per heavy atom. The van der Waals surface area contributed by atoms with E-state index < -0.39 is 17.2 Å². The van der Waals surface area contributed by atoms with Gasteiger partial charge in [-0.05, 0) is 12.1 Å². The zero-order valence-electron chi connectivity index (χ0n) is 15.4. The van der Waals surface area contributed by atoms with Crippen molar-refractivity contribution >= 4 is 12.4 Å². The summed E-state index contributed by atoms with van der Waals surface area (Å²) in [6.07, 6.45) is 5.26. The Bertz CT molecular complexity index is 746. The van der Waals surface area contributed by atoms with Gasteiger partial charge in [-0.1, -0.05) is 26.7 Å². The first-order valence-corrected chi connectivity index (χ1v) is 8.14. The van der Waals surface area contributed by atoms with Gasteiger partial charge in [-0.2, -0.15) is 0 Å². The second-order valence-electron chi connectivity index (χ2n) is 6.95. The number of amides is 1. The van der Waals surface area contributed by atoms with Crippen LogP contribution in [0.5, 0.6) is 17.2 Å². The third-order valence-corrected chi connectivity index (χ3v) is 4.53. The Kier molecular flexibility index (Phi) is 5.36. The summed E-state index contributed by atoms with van der Waals surface area (Å²) in [4.78, 5) is 24.4. The van der Waals surface area contributed by atoms with E-state index in [1.165, 1.54) is 18.1 Å². The van der Waals surface area contributed by atoms with Crippen molar-refractivity contribution in [3.8, 4) is 29.6 Å². The quantitative estimate of drug-likeness (QED) is 0.619. The van der Waals surface area contributed by atoms with E-state index in [1.807, 2.05) is 20.8 Å². The van der Waals surface area contributed by atoms with Crippen molar-refractivity contribution in [2.45, 2.75) is 32.9 Å². The third kappa shape index (κ3) is 3.15. The fourth-order valence-electron chi connectivity index (χ4n) is 3.07. The Hall–Kier alpha value is -2.88. The summed E-state index contributed by atoms with van der Waals surface area (Å²) in [5.74, 6) is 3.01. The van der Waals surface area contributed by atoms with E-state index in [1.54, 1.807) is 6.07 Å². The summed E-state index contributed by atoms with van der Waals surface area (Å²) in [6.45, 7) is 6.01. The largest absolute Gasteiger partial charge is 0.490 e. The van der Waals surface area contributed by atoms with Crippen LogP contribution in [0.15, 0.2) is 12.1 Å². The van der Waals surface area contributed by atoms with Gasteiger partial charge < -0.3 is 19.3 Å². The van der Waals surface area contributed by atoms with Gasteiger partial charge in [0.05, 0.1) is 12.7 Å². The Morgan fingerprint density at radius 1 is 1.42 bits per heavy atom. The van der Waals surface area contributed by atoms with Crippen LogP contribution in [-0.4, -0.2) is 48.4 Å². The number of nitrogens with zero attached hydrogens (tertiary/aromatic N) is 1. The van der Waals surface area contributed by atoms with Gasteiger partial charge in [0, 0.05) is 18.4 Å². The lowest BCUT2D eigenvalue weighted by Crippen LogP contribution is -2.71. The number of aldehydes is 1. The summed E-state index contributed by atoms with van der Waals surface area (Å²) < 4.78 is 17.1. The molecule has 2 rings (SSSR count). The molecule has 26 heavy (non-hydrogen) atoms. The molecular weight excluding hydrogens is 338 g/mol. The number of methoxy groups -OCH3 is 1. The highest BCUT2D eigenvalue weighted by Gasteiger charge is 2.58. The van der Waals surface area contributed by atoms with E-state index in [2.05, 4.69) is 5.92 Å². The van der Waals surface area contributed by atoms with Gasteiger partial charge in [-0.15, -0.1) is 6.42 Å². The third-order valence-electron chi connectivity index (χ3n) is 4.53. The van der Waals surface area contributed by atoms with Gasteiger partial charge in [0.1, 0.15) is 6.61 Å². The van der Waals surface area contributed by atoms with Gasteiger partial charge in [0.2, 0.25) is 5.75 Å². The Balaban J connectivity index is 2.57. The molecule has 0 radical (unpaired) electrons. The number of ether oxygens (including phenoxy) is 3. The summed E-state index contributed by atoms with van der Waals surface area (Å²) in [6, 6.07) is 3.09. The van der Waals surface area contributed by atoms with Crippen LogP contribution in [0.2, 0.25) is 0 Å². The molecule has 0 saturated carbocycles. The first-order chi connectivity index (χ1) is 12.2. The molecule has 1 atom stereocenters. The molecule has 7 heteroatoms. The monoisotopic (exact) mass is 361 g/mol. The molecular formula is C19H23NO6. The minimum absolute atomic E-state index is 0.0158. The fraction of sp³-hybridized carbons (Fsp3) is 0.474. The maximum atomic E-state index is 11.6. The van der Waals surface area contributed by atoms with E-state index in [0.717, 1.165) is 0 Å². The molecule has 0 spiro atoms. The lowest BCUT2D eigenvalue weighted by atomic mass is 9.75. The van der Waals surface area contributed by atoms with E-state index in [-0.39, 0.29) is 23.7 Å². The van der Waals surface area contributed by atoms with Gasteiger partial charge in [0.15, 0.2) is 23.5 Å². The van der Waals surface area contributed by atoms with Crippen LogP contribution in [0.25, 0.3) is 0 Å². The number of rotatable bonds is 6. The zero-order chi connectivity index (χ0) is 19.5. The Labute approximate surface area is 152 Å². The van der Waals surface area contributed by atoms with Crippen molar-refractivity contribution in [1.29, 1.82) is 0 Å². The van der Waals surface area contributed by atoms with Crippen LogP contribution < -0.4 is 14.2 Å². The highest BCUT2D eigenvalue weighted by molar-refractivity contribution is 5.82. The van der Waals surface area contributed by atoms with Gasteiger partial charge >= 0.3 is 6.09 Å². The molecule has 1 unspecified atom stereocenters. The summed E-state index contributed by atoms with van der Waals surface area (Å²) in [7, 11) is 1.42. The topological polar surface area (TPSA) is 85.3 Å². The fourth-order valence-corrected chi connectivity index (χ4v) is 3.07. The lowest BCUT2D eigenvalue weighted by Gasteiger charge is -2.57. The second-order valence-corrected chi connectivity index (χ2v) is 6.95. The van der Waals surface area contributed by atoms with Crippen LogP contribution in [-0.2, 0) is 0 Å². The molecule has 1 aliphatic rings. The molecule has 7 nitrogen and oxygen atoms in total. The minimum atomic E-state index is -1.13. The molecule has 1 aromatic carbocycles. The Morgan fingerprint density at radius 3 is 2.54 bits per heavy atom. The number of benzene rings is 1. The molecule has 1 N–H and O–H groups in total. The van der Waals surface area contributed by atoms with Gasteiger partial charge in [-0.25, -0.2) is 4.79 Å². The lowest BCUT2D eigenvalue weighted by molar-refractivity contribution is -0.203. The van der Waals surface area contributed by atoms with Crippen molar-refractivity contribution in [1.82, 2.24) is 4.90 Å². The molecule has 1 amide bonds. The number of carbonyl (C=O) groups is 2. The van der Waals surface area contributed by atoms with Crippen molar-refractivity contribution in [2.24, 2.45) is 5.41 Å². The molecule has 0 bridgehead atoms. The van der Waals surface area contributed by atoms with Crippen LogP contribution in [0.1, 0.15) is 37.6 Å². The molecule has 1 fully saturated rings. The predicted molar refractivity (Wildman–Crippen MR) is 94.9 cm³/mol. The van der Waals surface area contributed by atoms with Gasteiger partial charge in [-0.3, -0.25) is 9.69 Å². The average molecular weight is 361 g/mol. The molecule has 1 aliphatic heterocycles. The highest BCUT2D eigenvalue weighted by Crippen LogP contribution is 2.50. The predicted octanol–water partition coefficient (Wildman–Crippen LogP) is 3.02. The summed E-state index contributed by atoms with van der Waals surface area (Å²) >= 11 is 0.